The van der Waals surface area contributed by atoms with E-state index in [1.807, 2.05) is 4.90 Å². The van der Waals surface area contributed by atoms with E-state index in [0.717, 1.165) is 38.9 Å². The summed E-state index contributed by atoms with van der Waals surface area (Å²) in [4.78, 5) is 27.1. The van der Waals surface area contributed by atoms with Crippen LogP contribution in [0.2, 0.25) is 0 Å². The fourth-order valence-electron chi connectivity index (χ4n) is 2.20. The van der Waals surface area contributed by atoms with Gasteiger partial charge >= 0.3 is 0 Å². The minimum atomic E-state index is 0.0740. The molecule has 104 valence electrons. The van der Waals surface area contributed by atoms with E-state index < -0.39 is 0 Å². The van der Waals surface area contributed by atoms with Crippen LogP contribution in [0.25, 0.3) is 0 Å². The van der Waals surface area contributed by atoms with Gasteiger partial charge in [0.1, 0.15) is 0 Å². The second kappa shape index (κ2) is 7.39. The summed E-state index contributed by atoms with van der Waals surface area (Å²) in [5.41, 5.74) is 0. The van der Waals surface area contributed by atoms with Crippen molar-refractivity contribution in [2.24, 2.45) is 5.92 Å². The average Bonchev–Trinajstić information content (AvgIpc) is 2.81. The first-order chi connectivity index (χ1) is 8.50. The summed E-state index contributed by atoms with van der Waals surface area (Å²) >= 11 is 0. The molecule has 1 aliphatic rings. The van der Waals surface area contributed by atoms with Crippen LogP contribution in [0.5, 0.6) is 0 Å². The Bertz CT molecular complexity index is 284. The summed E-state index contributed by atoms with van der Waals surface area (Å²) in [5.74, 6) is 0.856. The number of nitrogens with zero attached hydrogens (tertiary/aromatic N) is 2. The van der Waals surface area contributed by atoms with Crippen LogP contribution >= 0.6 is 0 Å². The molecular formula is C14H26N2O2. The quantitative estimate of drug-likeness (QED) is 0.726. The molecule has 4 heteroatoms. The van der Waals surface area contributed by atoms with Gasteiger partial charge in [-0.1, -0.05) is 13.8 Å². The summed E-state index contributed by atoms with van der Waals surface area (Å²) in [6, 6.07) is 0. The van der Waals surface area contributed by atoms with Crippen LogP contribution < -0.4 is 0 Å². The van der Waals surface area contributed by atoms with E-state index in [1.165, 1.54) is 0 Å². The highest BCUT2D eigenvalue weighted by Gasteiger charge is 2.19. The average molecular weight is 254 g/mol. The Balaban J connectivity index is 2.32. The number of carbonyl (C=O) groups is 2. The van der Waals surface area contributed by atoms with Crippen molar-refractivity contribution in [1.82, 2.24) is 9.80 Å². The SMILES string of the molecule is CC(=O)N(CCC(=O)N1CCCC1)CCC(C)C. The molecule has 0 N–H and O–H groups in total. The molecule has 1 saturated heterocycles. The van der Waals surface area contributed by atoms with Gasteiger partial charge in [-0.15, -0.1) is 0 Å². The zero-order valence-corrected chi connectivity index (χ0v) is 11.9. The number of hydrogen-bond donors (Lipinski definition) is 0. The van der Waals surface area contributed by atoms with E-state index in [-0.39, 0.29) is 11.8 Å². The minimum Gasteiger partial charge on any atom is -0.343 e. The Labute approximate surface area is 110 Å². The van der Waals surface area contributed by atoms with Gasteiger partial charge in [-0.25, -0.2) is 0 Å². The third-order valence-electron chi connectivity index (χ3n) is 3.48. The van der Waals surface area contributed by atoms with Crippen molar-refractivity contribution >= 4 is 11.8 Å². The van der Waals surface area contributed by atoms with Crippen LogP contribution in [0, 0.1) is 5.92 Å². The van der Waals surface area contributed by atoms with Crippen molar-refractivity contribution in [3.05, 3.63) is 0 Å². The number of amides is 2. The van der Waals surface area contributed by atoms with Gasteiger partial charge in [-0.2, -0.15) is 0 Å². The van der Waals surface area contributed by atoms with E-state index in [9.17, 15) is 9.59 Å². The van der Waals surface area contributed by atoms with Crippen molar-refractivity contribution in [2.75, 3.05) is 26.2 Å². The Hall–Kier alpha value is -1.06. The lowest BCUT2D eigenvalue weighted by molar-refractivity contribution is -0.132. The third kappa shape index (κ3) is 5.07. The molecule has 1 fully saturated rings. The molecule has 0 radical (unpaired) electrons. The number of carbonyl (C=O) groups excluding carboxylic acids is 2. The molecule has 0 aromatic heterocycles. The molecule has 2 amide bonds. The van der Waals surface area contributed by atoms with Crippen molar-refractivity contribution in [2.45, 2.75) is 46.5 Å². The third-order valence-corrected chi connectivity index (χ3v) is 3.48. The molecule has 0 saturated carbocycles. The fourth-order valence-corrected chi connectivity index (χ4v) is 2.20. The molecule has 0 aliphatic carbocycles. The first-order valence-electron chi connectivity index (χ1n) is 7.04. The van der Waals surface area contributed by atoms with Gasteiger partial charge in [0.05, 0.1) is 0 Å². The van der Waals surface area contributed by atoms with Gasteiger partial charge in [-0.05, 0) is 25.2 Å². The summed E-state index contributed by atoms with van der Waals surface area (Å²) < 4.78 is 0. The maximum absolute atomic E-state index is 11.9. The lowest BCUT2D eigenvalue weighted by atomic mass is 10.1. The Kier molecular flexibility index (Phi) is 6.16. The molecule has 0 aromatic rings. The van der Waals surface area contributed by atoms with Crippen molar-refractivity contribution in [3.63, 3.8) is 0 Å². The standard InChI is InChI=1S/C14H26N2O2/c1-12(2)6-10-15(13(3)17)11-7-14(18)16-8-4-5-9-16/h12H,4-11H2,1-3H3. The van der Waals surface area contributed by atoms with E-state index in [0.29, 0.717) is 18.9 Å². The highest BCUT2D eigenvalue weighted by atomic mass is 16.2. The predicted molar refractivity (Wildman–Crippen MR) is 72.1 cm³/mol. The van der Waals surface area contributed by atoms with Crippen molar-refractivity contribution in [3.8, 4) is 0 Å². The van der Waals surface area contributed by atoms with E-state index in [1.54, 1.807) is 11.8 Å². The van der Waals surface area contributed by atoms with Gasteiger partial charge in [0.15, 0.2) is 0 Å². The van der Waals surface area contributed by atoms with Crippen LogP contribution in [-0.4, -0.2) is 47.8 Å². The fraction of sp³-hybridized carbons (Fsp3) is 0.857. The molecule has 4 nitrogen and oxygen atoms in total. The largest absolute Gasteiger partial charge is 0.343 e. The Morgan fingerprint density at radius 3 is 2.28 bits per heavy atom. The van der Waals surface area contributed by atoms with E-state index in [2.05, 4.69) is 13.8 Å². The molecule has 1 rings (SSSR count). The molecule has 0 unspecified atom stereocenters. The van der Waals surface area contributed by atoms with Crippen molar-refractivity contribution in [1.29, 1.82) is 0 Å². The minimum absolute atomic E-state index is 0.0740. The number of rotatable bonds is 6. The maximum atomic E-state index is 11.9. The van der Waals surface area contributed by atoms with E-state index in [4.69, 9.17) is 0 Å². The second-order valence-electron chi connectivity index (χ2n) is 5.53. The monoisotopic (exact) mass is 254 g/mol. The summed E-state index contributed by atoms with van der Waals surface area (Å²) in [6.07, 6.45) is 3.71. The van der Waals surface area contributed by atoms with Crippen LogP contribution in [0.3, 0.4) is 0 Å². The molecule has 0 bridgehead atoms. The maximum Gasteiger partial charge on any atom is 0.224 e. The van der Waals surface area contributed by atoms with Crippen LogP contribution in [-0.2, 0) is 9.59 Å². The van der Waals surface area contributed by atoms with Crippen LogP contribution in [0.1, 0.15) is 46.5 Å². The van der Waals surface area contributed by atoms with Crippen LogP contribution in [0.15, 0.2) is 0 Å². The lowest BCUT2D eigenvalue weighted by Crippen LogP contribution is -2.36. The lowest BCUT2D eigenvalue weighted by Gasteiger charge is -2.23. The zero-order valence-electron chi connectivity index (χ0n) is 11.9. The molecule has 1 heterocycles. The Morgan fingerprint density at radius 1 is 1.17 bits per heavy atom. The summed E-state index contributed by atoms with van der Waals surface area (Å²) in [7, 11) is 0. The highest BCUT2D eigenvalue weighted by Crippen LogP contribution is 2.10. The molecular weight excluding hydrogens is 228 g/mol. The Morgan fingerprint density at radius 2 is 1.78 bits per heavy atom. The predicted octanol–water partition coefficient (Wildman–Crippen LogP) is 1.89. The number of hydrogen-bond acceptors (Lipinski definition) is 2. The first-order valence-corrected chi connectivity index (χ1v) is 7.04. The van der Waals surface area contributed by atoms with E-state index >= 15 is 0 Å². The van der Waals surface area contributed by atoms with Gasteiger partial charge in [0, 0.05) is 39.5 Å². The summed E-state index contributed by atoms with van der Waals surface area (Å²) in [6.45, 7) is 9.00. The topological polar surface area (TPSA) is 40.6 Å². The smallest absolute Gasteiger partial charge is 0.224 e. The van der Waals surface area contributed by atoms with Gasteiger partial charge in [0.25, 0.3) is 0 Å². The molecule has 0 spiro atoms. The first kappa shape index (κ1) is 15.0. The number of likely N-dealkylation sites (tertiary alicyclic amines) is 1. The van der Waals surface area contributed by atoms with Gasteiger partial charge in [-0.3, -0.25) is 9.59 Å². The second-order valence-corrected chi connectivity index (χ2v) is 5.53. The molecule has 1 aliphatic heterocycles. The molecule has 0 aromatic carbocycles. The highest BCUT2D eigenvalue weighted by molar-refractivity contribution is 5.78. The summed E-state index contributed by atoms with van der Waals surface area (Å²) in [5, 5.41) is 0. The van der Waals surface area contributed by atoms with Gasteiger partial charge in [0.2, 0.25) is 11.8 Å². The zero-order chi connectivity index (χ0) is 13.5. The normalized spacial score (nSPS) is 15.2. The van der Waals surface area contributed by atoms with Crippen molar-refractivity contribution < 1.29 is 9.59 Å². The molecule has 0 atom stereocenters. The van der Waals surface area contributed by atoms with Gasteiger partial charge < -0.3 is 9.80 Å². The van der Waals surface area contributed by atoms with Crippen LogP contribution in [0.4, 0.5) is 0 Å². The molecule has 18 heavy (non-hydrogen) atoms.